The average molecular weight is 427 g/mol. The number of carbonyl (C=O) groups excluding carboxylic acids is 1. The Morgan fingerprint density at radius 1 is 1.15 bits per heavy atom. The lowest BCUT2D eigenvalue weighted by Gasteiger charge is -2.31. The number of sulfonamides is 1. The maximum atomic E-state index is 12.7. The van der Waals surface area contributed by atoms with E-state index in [1.165, 1.54) is 10.4 Å². The molecule has 2 unspecified atom stereocenters. The second-order valence-electron chi connectivity index (χ2n) is 6.37. The van der Waals surface area contributed by atoms with E-state index in [0.29, 0.717) is 31.9 Å². The van der Waals surface area contributed by atoms with Crippen molar-refractivity contribution in [3.8, 4) is 0 Å². The molecular weight excluding hydrogens is 399 g/mol. The summed E-state index contributed by atoms with van der Waals surface area (Å²) < 4.78 is 27.0. The van der Waals surface area contributed by atoms with Gasteiger partial charge in [0.15, 0.2) is 0 Å². The number of hydrogen-bond acceptors (Lipinski definition) is 5. The molecule has 150 valence electrons. The second kappa shape index (κ2) is 10.4. The minimum atomic E-state index is -3.55. The number of carbonyl (C=O) groups is 1. The molecule has 2 rings (SSSR count). The third-order valence-electron chi connectivity index (χ3n) is 4.40. The summed E-state index contributed by atoms with van der Waals surface area (Å²) in [6, 6.07) is 6.09. The Morgan fingerprint density at radius 3 is 2.27 bits per heavy atom. The van der Waals surface area contributed by atoms with Gasteiger partial charge in [0.25, 0.3) is 0 Å². The number of piperazine rings is 1. The lowest BCUT2D eigenvalue weighted by Crippen LogP contribution is -2.47. The van der Waals surface area contributed by atoms with Crippen LogP contribution in [-0.2, 0) is 14.8 Å². The molecule has 1 fully saturated rings. The SMILES string of the molecule is CC(N)C(C)C(=O)Nc1cccc(S(=O)(=O)N2CCN(C)CC2)c1.Cl.Cl. The van der Waals surface area contributed by atoms with Crippen molar-refractivity contribution in [3.63, 3.8) is 0 Å². The van der Waals surface area contributed by atoms with Crippen LogP contribution in [0.15, 0.2) is 29.2 Å². The van der Waals surface area contributed by atoms with Crippen LogP contribution in [0.1, 0.15) is 13.8 Å². The van der Waals surface area contributed by atoms with Gasteiger partial charge in [-0.05, 0) is 32.2 Å². The maximum absolute atomic E-state index is 12.7. The highest BCUT2D eigenvalue weighted by atomic mass is 35.5. The molecule has 0 spiro atoms. The van der Waals surface area contributed by atoms with Gasteiger partial charge in [0.05, 0.1) is 10.8 Å². The van der Waals surface area contributed by atoms with Crippen molar-refractivity contribution in [2.45, 2.75) is 24.8 Å². The third kappa shape index (κ3) is 6.07. The highest BCUT2D eigenvalue weighted by Gasteiger charge is 2.27. The zero-order valence-corrected chi connectivity index (χ0v) is 17.7. The van der Waals surface area contributed by atoms with Gasteiger partial charge in [-0.3, -0.25) is 4.79 Å². The molecule has 7 nitrogen and oxygen atoms in total. The zero-order chi connectivity index (χ0) is 17.9. The Labute approximate surface area is 168 Å². The molecule has 1 aliphatic rings. The van der Waals surface area contributed by atoms with Crippen LogP contribution in [0.5, 0.6) is 0 Å². The van der Waals surface area contributed by atoms with Crippen LogP contribution in [0.3, 0.4) is 0 Å². The maximum Gasteiger partial charge on any atom is 0.243 e. The molecule has 1 aromatic rings. The highest BCUT2D eigenvalue weighted by Crippen LogP contribution is 2.21. The van der Waals surface area contributed by atoms with Crippen LogP contribution in [0.25, 0.3) is 0 Å². The summed E-state index contributed by atoms with van der Waals surface area (Å²) in [6.45, 7) is 5.86. The third-order valence-corrected chi connectivity index (χ3v) is 6.30. The lowest BCUT2D eigenvalue weighted by molar-refractivity contribution is -0.119. The molecule has 0 radical (unpaired) electrons. The van der Waals surface area contributed by atoms with Crippen LogP contribution < -0.4 is 11.1 Å². The minimum absolute atomic E-state index is 0. The molecular formula is C16H28Cl2N4O3S. The summed E-state index contributed by atoms with van der Waals surface area (Å²) in [5.74, 6) is -0.581. The van der Waals surface area contributed by atoms with Crippen molar-refractivity contribution >= 4 is 46.4 Å². The largest absolute Gasteiger partial charge is 0.327 e. The van der Waals surface area contributed by atoms with Crippen LogP contribution >= 0.6 is 24.8 Å². The Kier molecular flexibility index (Phi) is 10.1. The molecule has 1 saturated heterocycles. The number of anilines is 1. The van der Waals surface area contributed by atoms with Crippen molar-refractivity contribution in [3.05, 3.63) is 24.3 Å². The van der Waals surface area contributed by atoms with Gasteiger partial charge < -0.3 is 16.0 Å². The van der Waals surface area contributed by atoms with Crippen LogP contribution in [0, 0.1) is 5.92 Å². The van der Waals surface area contributed by atoms with E-state index in [1.807, 2.05) is 7.05 Å². The first kappa shape index (κ1) is 25.1. The molecule has 1 aromatic carbocycles. The second-order valence-corrected chi connectivity index (χ2v) is 8.31. The van der Waals surface area contributed by atoms with Gasteiger partial charge in [0, 0.05) is 37.9 Å². The smallest absolute Gasteiger partial charge is 0.243 e. The molecule has 0 bridgehead atoms. The number of nitrogens with zero attached hydrogens (tertiary/aromatic N) is 2. The predicted octanol–water partition coefficient (Wildman–Crippen LogP) is 1.39. The van der Waals surface area contributed by atoms with E-state index in [9.17, 15) is 13.2 Å². The van der Waals surface area contributed by atoms with Crippen LogP contribution in [-0.4, -0.2) is 62.8 Å². The Hall–Kier alpha value is -0.900. The Morgan fingerprint density at radius 2 is 1.73 bits per heavy atom. The average Bonchev–Trinajstić information content (AvgIpc) is 2.54. The molecule has 26 heavy (non-hydrogen) atoms. The number of halogens is 2. The first-order valence-electron chi connectivity index (χ1n) is 8.07. The van der Waals surface area contributed by atoms with Gasteiger partial charge in [-0.15, -0.1) is 24.8 Å². The van der Waals surface area contributed by atoms with E-state index >= 15 is 0 Å². The van der Waals surface area contributed by atoms with Crippen molar-refractivity contribution in [1.82, 2.24) is 9.21 Å². The molecule has 1 aliphatic heterocycles. The summed E-state index contributed by atoms with van der Waals surface area (Å²) in [6.07, 6.45) is 0. The van der Waals surface area contributed by atoms with E-state index in [4.69, 9.17) is 5.73 Å². The summed E-state index contributed by atoms with van der Waals surface area (Å²) in [4.78, 5) is 14.4. The normalized spacial score (nSPS) is 18.2. The van der Waals surface area contributed by atoms with E-state index in [1.54, 1.807) is 32.0 Å². The van der Waals surface area contributed by atoms with Crippen molar-refractivity contribution < 1.29 is 13.2 Å². The summed E-state index contributed by atoms with van der Waals surface area (Å²) in [5, 5.41) is 2.74. The monoisotopic (exact) mass is 426 g/mol. The molecule has 0 aliphatic carbocycles. The van der Waals surface area contributed by atoms with Crippen LogP contribution in [0.2, 0.25) is 0 Å². The van der Waals surface area contributed by atoms with Crippen LogP contribution in [0.4, 0.5) is 5.69 Å². The van der Waals surface area contributed by atoms with Crippen molar-refractivity contribution in [2.24, 2.45) is 11.7 Å². The minimum Gasteiger partial charge on any atom is -0.327 e. The van der Waals surface area contributed by atoms with E-state index in [2.05, 4.69) is 10.2 Å². The highest BCUT2D eigenvalue weighted by molar-refractivity contribution is 7.89. The number of amides is 1. The number of rotatable bonds is 5. The fraction of sp³-hybridized carbons (Fsp3) is 0.562. The summed E-state index contributed by atoms with van der Waals surface area (Å²) >= 11 is 0. The first-order valence-corrected chi connectivity index (χ1v) is 9.51. The first-order chi connectivity index (χ1) is 11.2. The number of likely N-dealkylation sites (N-methyl/N-ethyl adjacent to an activating group) is 1. The van der Waals surface area contributed by atoms with Crippen molar-refractivity contribution in [1.29, 1.82) is 0 Å². The molecule has 3 N–H and O–H groups in total. The van der Waals surface area contributed by atoms with Gasteiger partial charge in [-0.2, -0.15) is 4.31 Å². The number of hydrogen-bond donors (Lipinski definition) is 2. The summed E-state index contributed by atoms with van der Waals surface area (Å²) in [7, 11) is -1.58. The summed E-state index contributed by atoms with van der Waals surface area (Å²) in [5.41, 5.74) is 6.19. The fourth-order valence-electron chi connectivity index (χ4n) is 2.41. The standard InChI is InChI=1S/C16H26N4O3S.2ClH/c1-12(13(2)17)16(21)18-14-5-4-6-15(11-14)24(22,23)20-9-7-19(3)8-10-20;;/h4-6,11-13H,7-10,17H2,1-3H3,(H,18,21);2*1H. The zero-order valence-electron chi connectivity index (χ0n) is 15.2. The molecule has 2 atom stereocenters. The topological polar surface area (TPSA) is 95.7 Å². The molecule has 0 saturated carbocycles. The van der Waals surface area contributed by atoms with E-state index in [-0.39, 0.29) is 47.6 Å². The van der Waals surface area contributed by atoms with Crippen molar-refractivity contribution in [2.75, 3.05) is 38.5 Å². The molecule has 0 aromatic heterocycles. The predicted molar refractivity (Wildman–Crippen MR) is 109 cm³/mol. The Bertz CT molecular complexity index is 692. The quantitative estimate of drug-likeness (QED) is 0.741. The molecule has 1 amide bonds. The molecule has 10 heteroatoms. The molecule has 1 heterocycles. The van der Waals surface area contributed by atoms with Gasteiger partial charge in [-0.1, -0.05) is 13.0 Å². The van der Waals surface area contributed by atoms with Gasteiger partial charge in [-0.25, -0.2) is 8.42 Å². The Balaban J connectivity index is 0.00000312. The van der Waals surface area contributed by atoms with Gasteiger partial charge in [0.2, 0.25) is 15.9 Å². The number of nitrogens with two attached hydrogens (primary N) is 1. The van der Waals surface area contributed by atoms with E-state index < -0.39 is 10.0 Å². The van der Waals surface area contributed by atoms with E-state index in [0.717, 1.165) is 0 Å². The fourth-order valence-corrected chi connectivity index (χ4v) is 3.88. The number of nitrogens with one attached hydrogen (secondary N) is 1. The number of benzene rings is 1. The lowest BCUT2D eigenvalue weighted by atomic mass is 10.0. The van der Waals surface area contributed by atoms with Gasteiger partial charge in [0.1, 0.15) is 0 Å². The van der Waals surface area contributed by atoms with Gasteiger partial charge >= 0.3 is 0 Å².